The highest BCUT2D eigenvalue weighted by molar-refractivity contribution is 7.99. The van der Waals surface area contributed by atoms with Crippen LogP contribution in [0.5, 0.6) is 5.88 Å². The van der Waals surface area contributed by atoms with E-state index in [2.05, 4.69) is 32.7 Å². The largest absolute Gasteiger partial charge is 0.472 e. The summed E-state index contributed by atoms with van der Waals surface area (Å²) in [5.74, 6) is 7.50. The van der Waals surface area contributed by atoms with Crippen LogP contribution < -0.4 is 9.64 Å². The van der Waals surface area contributed by atoms with Crippen molar-refractivity contribution >= 4 is 29.3 Å². The van der Waals surface area contributed by atoms with E-state index >= 15 is 0 Å². The number of ether oxygens (including phenoxy) is 3. The van der Waals surface area contributed by atoms with E-state index in [1.807, 2.05) is 42.6 Å². The molecule has 1 unspecified atom stereocenters. The standard InChI is InChI=1S/C31H32ClN5O3S/c32-26-7-5-6-25(20-26)23-40-30-28(41-27-11-9-24(21-33)10-12-27)22-34-31(35-30)37-16-14-36(15-17-37)13-2-4-19-39-29-8-1-3-18-38-29/h5-7,9-12,20,22,29H,1,3,8,13-19,23H2. The van der Waals surface area contributed by atoms with Crippen molar-refractivity contribution in [2.45, 2.75) is 42.0 Å². The predicted molar refractivity (Wildman–Crippen MR) is 159 cm³/mol. The Hall–Kier alpha value is -3.31. The molecule has 1 atom stereocenters. The summed E-state index contributed by atoms with van der Waals surface area (Å²) in [6, 6.07) is 17.2. The number of nitriles is 1. The smallest absolute Gasteiger partial charge is 0.232 e. The fraction of sp³-hybridized carbons (Fsp3) is 0.387. The molecule has 0 N–H and O–H groups in total. The number of hydrogen-bond donors (Lipinski definition) is 0. The van der Waals surface area contributed by atoms with Crippen molar-refractivity contribution in [1.29, 1.82) is 5.26 Å². The van der Waals surface area contributed by atoms with Crippen LogP contribution in [0.25, 0.3) is 0 Å². The highest BCUT2D eigenvalue weighted by Crippen LogP contribution is 2.35. The second-order valence-corrected chi connectivity index (χ2v) is 11.3. The lowest BCUT2D eigenvalue weighted by atomic mass is 10.2. The molecule has 41 heavy (non-hydrogen) atoms. The van der Waals surface area contributed by atoms with Crippen molar-refractivity contribution in [3.05, 3.63) is 70.9 Å². The van der Waals surface area contributed by atoms with Crippen LogP contribution in [0.15, 0.2) is 64.5 Å². The maximum absolute atomic E-state index is 9.11. The Kier molecular flexibility index (Phi) is 10.7. The molecule has 3 aromatic rings. The van der Waals surface area contributed by atoms with Crippen molar-refractivity contribution in [3.8, 4) is 23.8 Å². The fourth-order valence-electron chi connectivity index (χ4n) is 4.48. The van der Waals surface area contributed by atoms with E-state index in [1.165, 1.54) is 11.8 Å². The van der Waals surface area contributed by atoms with Crippen molar-refractivity contribution in [3.63, 3.8) is 0 Å². The van der Waals surface area contributed by atoms with Gasteiger partial charge in [-0.3, -0.25) is 4.90 Å². The number of hydrogen-bond acceptors (Lipinski definition) is 9. The van der Waals surface area contributed by atoms with Crippen molar-refractivity contribution in [2.24, 2.45) is 0 Å². The molecule has 0 spiro atoms. The first-order valence-corrected chi connectivity index (χ1v) is 14.9. The predicted octanol–water partition coefficient (Wildman–Crippen LogP) is 5.40. The van der Waals surface area contributed by atoms with E-state index in [0.717, 1.165) is 67.4 Å². The van der Waals surface area contributed by atoms with Gasteiger partial charge >= 0.3 is 0 Å². The average molecular weight is 590 g/mol. The highest BCUT2D eigenvalue weighted by atomic mass is 35.5. The molecular weight excluding hydrogens is 558 g/mol. The van der Waals surface area contributed by atoms with Gasteiger partial charge in [0.15, 0.2) is 6.29 Å². The lowest BCUT2D eigenvalue weighted by molar-refractivity contribution is -0.154. The third-order valence-electron chi connectivity index (χ3n) is 6.75. The second kappa shape index (κ2) is 15.1. The molecule has 10 heteroatoms. The number of aromatic nitrogens is 2. The minimum Gasteiger partial charge on any atom is -0.472 e. The van der Waals surface area contributed by atoms with Crippen LogP contribution in [0, 0.1) is 23.2 Å². The second-order valence-electron chi connectivity index (χ2n) is 9.72. The third kappa shape index (κ3) is 8.84. The first-order chi connectivity index (χ1) is 20.2. The maximum atomic E-state index is 9.11. The van der Waals surface area contributed by atoms with Gasteiger partial charge in [0.2, 0.25) is 11.8 Å². The molecule has 5 rings (SSSR count). The molecule has 0 amide bonds. The summed E-state index contributed by atoms with van der Waals surface area (Å²) in [7, 11) is 0. The molecule has 1 aromatic heterocycles. The zero-order valence-electron chi connectivity index (χ0n) is 22.8. The van der Waals surface area contributed by atoms with E-state index in [9.17, 15) is 0 Å². The molecule has 2 aliphatic rings. The lowest BCUT2D eigenvalue weighted by Gasteiger charge is -2.33. The third-order valence-corrected chi connectivity index (χ3v) is 7.99. The SMILES string of the molecule is N#Cc1ccc(Sc2cnc(N3CCN(CC#CCOC4CCCCO4)CC3)nc2OCc2cccc(Cl)c2)cc1. The summed E-state index contributed by atoms with van der Waals surface area (Å²) in [5, 5.41) is 9.77. The van der Waals surface area contributed by atoms with Gasteiger partial charge in [0.05, 0.1) is 29.3 Å². The minimum absolute atomic E-state index is 0.102. The molecule has 2 fully saturated rings. The fourth-order valence-corrected chi connectivity index (χ4v) is 5.51. The van der Waals surface area contributed by atoms with Gasteiger partial charge in [0, 0.05) is 42.7 Å². The van der Waals surface area contributed by atoms with Crippen LogP contribution in [0.4, 0.5) is 5.95 Å². The quantitative estimate of drug-likeness (QED) is 0.305. The minimum atomic E-state index is -0.102. The molecule has 0 aliphatic carbocycles. The van der Waals surface area contributed by atoms with Crippen molar-refractivity contribution < 1.29 is 14.2 Å². The summed E-state index contributed by atoms with van der Waals surface area (Å²) in [6.45, 7) is 5.55. The van der Waals surface area contributed by atoms with Gasteiger partial charge in [-0.05, 0) is 61.2 Å². The Balaban J connectivity index is 1.19. The number of halogens is 1. The van der Waals surface area contributed by atoms with Crippen LogP contribution in [-0.4, -0.2) is 67.1 Å². The monoisotopic (exact) mass is 589 g/mol. The van der Waals surface area contributed by atoms with E-state index in [-0.39, 0.29) is 6.29 Å². The molecule has 212 valence electrons. The van der Waals surface area contributed by atoms with Gasteiger partial charge in [-0.15, -0.1) is 0 Å². The lowest BCUT2D eigenvalue weighted by Crippen LogP contribution is -2.47. The Morgan fingerprint density at radius 1 is 1.07 bits per heavy atom. The number of piperazine rings is 1. The molecule has 8 nitrogen and oxygen atoms in total. The van der Waals surface area contributed by atoms with Crippen LogP contribution >= 0.6 is 23.4 Å². The summed E-state index contributed by atoms with van der Waals surface area (Å²) < 4.78 is 17.5. The molecular formula is C31H32ClN5O3S. The van der Waals surface area contributed by atoms with E-state index in [0.29, 0.717) is 42.2 Å². The molecule has 0 bridgehead atoms. The first-order valence-electron chi connectivity index (χ1n) is 13.7. The van der Waals surface area contributed by atoms with E-state index < -0.39 is 0 Å². The van der Waals surface area contributed by atoms with Crippen LogP contribution in [0.3, 0.4) is 0 Å². The van der Waals surface area contributed by atoms with Gasteiger partial charge in [0.25, 0.3) is 0 Å². The highest BCUT2D eigenvalue weighted by Gasteiger charge is 2.21. The maximum Gasteiger partial charge on any atom is 0.232 e. The summed E-state index contributed by atoms with van der Waals surface area (Å²) in [5.41, 5.74) is 1.57. The summed E-state index contributed by atoms with van der Waals surface area (Å²) in [6.07, 6.45) is 4.93. The molecule has 0 radical (unpaired) electrons. The van der Waals surface area contributed by atoms with Crippen molar-refractivity contribution in [1.82, 2.24) is 14.9 Å². The zero-order valence-corrected chi connectivity index (χ0v) is 24.4. The average Bonchev–Trinajstić information content (AvgIpc) is 3.02. The number of nitrogens with zero attached hydrogens (tertiary/aromatic N) is 5. The number of rotatable bonds is 9. The summed E-state index contributed by atoms with van der Waals surface area (Å²) >= 11 is 7.67. The molecule has 2 aromatic carbocycles. The molecule has 0 saturated carbocycles. The van der Waals surface area contributed by atoms with Crippen LogP contribution in [0.1, 0.15) is 30.4 Å². The molecule has 2 saturated heterocycles. The zero-order chi connectivity index (χ0) is 28.3. The van der Waals surface area contributed by atoms with Crippen molar-refractivity contribution in [2.75, 3.05) is 50.8 Å². The Morgan fingerprint density at radius 3 is 2.68 bits per heavy atom. The first kappa shape index (κ1) is 29.2. The normalized spacial score (nSPS) is 17.4. The Labute approximate surface area is 250 Å². The van der Waals surface area contributed by atoms with Gasteiger partial charge < -0.3 is 19.1 Å². The van der Waals surface area contributed by atoms with E-state index in [4.69, 9.17) is 36.1 Å². The number of benzene rings is 2. The Morgan fingerprint density at radius 2 is 1.93 bits per heavy atom. The van der Waals surface area contributed by atoms with Gasteiger partial charge in [0.1, 0.15) is 13.2 Å². The van der Waals surface area contributed by atoms with E-state index in [1.54, 1.807) is 12.1 Å². The van der Waals surface area contributed by atoms with Crippen LogP contribution in [-0.2, 0) is 16.1 Å². The molecule has 2 aliphatic heterocycles. The topological polar surface area (TPSA) is 83.7 Å². The molecule has 3 heterocycles. The van der Waals surface area contributed by atoms with Gasteiger partial charge in [-0.25, -0.2) is 4.98 Å². The Bertz CT molecular complexity index is 1390. The van der Waals surface area contributed by atoms with Gasteiger partial charge in [-0.1, -0.05) is 47.3 Å². The number of anilines is 1. The van der Waals surface area contributed by atoms with Crippen LogP contribution in [0.2, 0.25) is 5.02 Å². The van der Waals surface area contributed by atoms with Gasteiger partial charge in [-0.2, -0.15) is 10.2 Å². The summed E-state index contributed by atoms with van der Waals surface area (Å²) in [4.78, 5) is 15.8.